The van der Waals surface area contributed by atoms with E-state index in [1.807, 2.05) is 31.2 Å². The van der Waals surface area contributed by atoms with E-state index in [2.05, 4.69) is 0 Å². The SMILES string of the molecule is CCOc1ccccc1OCCOc1ccc(F)c(C)c1. The average molecular weight is 290 g/mol. The second-order valence-corrected chi connectivity index (χ2v) is 4.49. The molecular weight excluding hydrogens is 271 g/mol. The maximum atomic E-state index is 13.1. The van der Waals surface area contributed by atoms with Crippen LogP contribution in [0.3, 0.4) is 0 Å². The van der Waals surface area contributed by atoms with Crippen molar-refractivity contribution in [3.05, 3.63) is 53.8 Å². The van der Waals surface area contributed by atoms with Gasteiger partial charge in [0.15, 0.2) is 11.5 Å². The predicted octanol–water partition coefficient (Wildman–Crippen LogP) is 3.99. The maximum absolute atomic E-state index is 13.1. The summed E-state index contributed by atoms with van der Waals surface area (Å²) in [5.41, 5.74) is 0.565. The Hall–Kier alpha value is -2.23. The van der Waals surface area contributed by atoms with Crippen molar-refractivity contribution in [1.82, 2.24) is 0 Å². The molecule has 0 unspecified atom stereocenters. The Morgan fingerprint density at radius 3 is 2.24 bits per heavy atom. The lowest BCUT2D eigenvalue weighted by Gasteiger charge is -2.12. The van der Waals surface area contributed by atoms with Crippen LogP contribution in [0, 0.1) is 12.7 Å². The van der Waals surface area contributed by atoms with Gasteiger partial charge in [-0.05, 0) is 49.7 Å². The number of para-hydroxylation sites is 2. The number of rotatable bonds is 7. The normalized spacial score (nSPS) is 10.2. The second kappa shape index (κ2) is 7.53. The minimum atomic E-state index is -0.232. The number of hydrogen-bond donors (Lipinski definition) is 0. The molecule has 0 saturated carbocycles. The van der Waals surface area contributed by atoms with Gasteiger partial charge < -0.3 is 14.2 Å². The van der Waals surface area contributed by atoms with E-state index in [4.69, 9.17) is 14.2 Å². The van der Waals surface area contributed by atoms with Crippen LogP contribution < -0.4 is 14.2 Å². The Morgan fingerprint density at radius 2 is 1.57 bits per heavy atom. The summed E-state index contributed by atoms with van der Waals surface area (Å²) < 4.78 is 29.8. The summed E-state index contributed by atoms with van der Waals surface area (Å²) in [4.78, 5) is 0. The molecule has 0 aliphatic heterocycles. The third-order valence-corrected chi connectivity index (χ3v) is 2.89. The van der Waals surface area contributed by atoms with Crippen molar-refractivity contribution >= 4 is 0 Å². The van der Waals surface area contributed by atoms with Crippen molar-refractivity contribution in [2.45, 2.75) is 13.8 Å². The second-order valence-electron chi connectivity index (χ2n) is 4.49. The quantitative estimate of drug-likeness (QED) is 0.722. The summed E-state index contributed by atoms with van der Waals surface area (Å²) in [5, 5.41) is 0. The molecule has 0 aliphatic rings. The highest BCUT2D eigenvalue weighted by atomic mass is 19.1. The fourth-order valence-corrected chi connectivity index (χ4v) is 1.86. The summed E-state index contributed by atoms with van der Waals surface area (Å²) in [6.45, 7) is 4.99. The smallest absolute Gasteiger partial charge is 0.161 e. The Balaban J connectivity index is 1.83. The molecule has 21 heavy (non-hydrogen) atoms. The zero-order valence-corrected chi connectivity index (χ0v) is 12.3. The Morgan fingerprint density at radius 1 is 0.905 bits per heavy atom. The van der Waals surface area contributed by atoms with Crippen molar-refractivity contribution < 1.29 is 18.6 Å². The summed E-state index contributed by atoms with van der Waals surface area (Å²) in [7, 11) is 0. The van der Waals surface area contributed by atoms with E-state index in [0.29, 0.717) is 36.9 Å². The largest absolute Gasteiger partial charge is 0.490 e. The van der Waals surface area contributed by atoms with Crippen molar-refractivity contribution in [3.8, 4) is 17.2 Å². The average Bonchev–Trinajstić information content (AvgIpc) is 2.49. The molecule has 0 aliphatic carbocycles. The lowest BCUT2D eigenvalue weighted by molar-refractivity contribution is 0.208. The number of halogens is 1. The van der Waals surface area contributed by atoms with Gasteiger partial charge in [-0.25, -0.2) is 4.39 Å². The molecule has 0 bridgehead atoms. The van der Waals surface area contributed by atoms with Crippen LogP contribution in [0.5, 0.6) is 17.2 Å². The van der Waals surface area contributed by atoms with Gasteiger partial charge in [0.25, 0.3) is 0 Å². The molecule has 0 aromatic heterocycles. The molecule has 0 heterocycles. The molecule has 0 fully saturated rings. The van der Waals surface area contributed by atoms with E-state index >= 15 is 0 Å². The van der Waals surface area contributed by atoms with Crippen LogP contribution in [0.15, 0.2) is 42.5 Å². The van der Waals surface area contributed by atoms with E-state index in [1.54, 1.807) is 19.1 Å². The van der Waals surface area contributed by atoms with Crippen molar-refractivity contribution in [1.29, 1.82) is 0 Å². The molecule has 3 nitrogen and oxygen atoms in total. The topological polar surface area (TPSA) is 27.7 Å². The first-order valence-electron chi connectivity index (χ1n) is 6.94. The lowest BCUT2D eigenvalue weighted by Crippen LogP contribution is -2.10. The zero-order valence-electron chi connectivity index (χ0n) is 12.3. The van der Waals surface area contributed by atoms with Gasteiger partial charge in [-0.1, -0.05) is 12.1 Å². The van der Waals surface area contributed by atoms with Crippen molar-refractivity contribution in [3.63, 3.8) is 0 Å². The number of ether oxygens (including phenoxy) is 3. The number of benzene rings is 2. The lowest BCUT2D eigenvalue weighted by atomic mass is 10.2. The number of aryl methyl sites for hydroxylation is 1. The third-order valence-electron chi connectivity index (χ3n) is 2.89. The van der Waals surface area contributed by atoms with Gasteiger partial charge >= 0.3 is 0 Å². The molecule has 2 rings (SSSR count). The maximum Gasteiger partial charge on any atom is 0.161 e. The van der Waals surface area contributed by atoms with E-state index in [1.165, 1.54) is 6.07 Å². The standard InChI is InChI=1S/C17H19FO3/c1-3-19-16-6-4-5-7-17(16)21-11-10-20-14-8-9-15(18)13(2)12-14/h4-9,12H,3,10-11H2,1-2H3. The molecule has 2 aromatic carbocycles. The zero-order chi connectivity index (χ0) is 15.1. The van der Waals surface area contributed by atoms with Crippen LogP contribution in [0.1, 0.15) is 12.5 Å². The van der Waals surface area contributed by atoms with Crippen molar-refractivity contribution in [2.24, 2.45) is 0 Å². The first-order valence-corrected chi connectivity index (χ1v) is 6.94. The predicted molar refractivity (Wildman–Crippen MR) is 79.7 cm³/mol. The van der Waals surface area contributed by atoms with Crippen LogP contribution in [0.4, 0.5) is 4.39 Å². The highest BCUT2D eigenvalue weighted by molar-refractivity contribution is 5.39. The minimum Gasteiger partial charge on any atom is -0.490 e. The molecule has 0 saturated heterocycles. The van der Waals surface area contributed by atoms with Crippen LogP contribution in [0.25, 0.3) is 0 Å². The molecule has 0 amide bonds. The molecule has 4 heteroatoms. The number of hydrogen-bond acceptors (Lipinski definition) is 3. The van der Waals surface area contributed by atoms with E-state index in [9.17, 15) is 4.39 Å². The Kier molecular flexibility index (Phi) is 5.43. The van der Waals surface area contributed by atoms with Gasteiger partial charge in [0.2, 0.25) is 0 Å². The first kappa shape index (κ1) is 15.2. The molecule has 0 atom stereocenters. The molecule has 2 aromatic rings. The van der Waals surface area contributed by atoms with E-state index in [0.717, 1.165) is 5.75 Å². The summed E-state index contributed by atoms with van der Waals surface area (Å²) >= 11 is 0. The first-order chi connectivity index (χ1) is 10.2. The highest BCUT2D eigenvalue weighted by Crippen LogP contribution is 2.26. The van der Waals surface area contributed by atoms with E-state index in [-0.39, 0.29) is 5.82 Å². The van der Waals surface area contributed by atoms with Crippen LogP contribution in [0.2, 0.25) is 0 Å². The molecule has 0 N–H and O–H groups in total. The highest BCUT2D eigenvalue weighted by Gasteiger charge is 2.04. The Bertz CT molecular complexity index is 584. The van der Waals surface area contributed by atoms with Gasteiger partial charge in [0, 0.05) is 0 Å². The molecular formula is C17H19FO3. The summed E-state index contributed by atoms with van der Waals surface area (Å²) in [6.07, 6.45) is 0. The summed E-state index contributed by atoms with van der Waals surface area (Å²) in [5.74, 6) is 1.82. The molecule has 0 spiro atoms. The van der Waals surface area contributed by atoms with Gasteiger partial charge in [-0.3, -0.25) is 0 Å². The van der Waals surface area contributed by atoms with Crippen LogP contribution in [-0.4, -0.2) is 19.8 Å². The van der Waals surface area contributed by atoms with Crippen LogP contribution >= 0.6 is 0 Å². The fraction of sp³-hybridized carbons (Fsp3) is 0.294. The van der Waals surface area contributed by atoms with E-state index < -0.39 is 0 Å². The third kappa shape index (κ3) is 4.38. The molecule has 112 valence electrons. The van der Waals surface area contributed by atoms with Crippen molar-refractivity contribution in [2.75, 3.05) is 19.8 Å². The molecule has 0 radical (unpaired) electrons. The van der Waals surface area contributed by atoms with Gasteiger partial charge in [-0.2, -0.15) is 0 Å². The van der Waals surface area contributed by atoms with Gasteiger partial charge in [0.1, 0.15) is 24.8 Å². The minimum absolute atomic E-state index is 0.232. The fourth-order valence-electron chi connectivity index (χ4n) is 1.86. The van der Waals surface area contributed by atoms with Crippen LogP contribution in [-0.2, 0) is 0 Å². The summed E-state index contributed by atoms with van der Waals surface area (Å²) in [6, 6.07) is 12.2. The Labute approximate surface area is 124 Å². The van der Waals surface area contributed by atoms with Gasteiger partial charge in [-0.15, -0.1) is 0 Å². The van der Waals surface area contributed by atoms with Gasteiger partial charge in [0.05, 0.1) is 6.61 Å². The monoisotopic (exact) mass is 290 g/mol.